The van der Waals surface area contributed by atoms with E-state index in [1.165, 1.54) is 0 Å². The van der Waals surface area contributed by atoms with Gasteiger partial charge in [0.05, 0.1) is 17.9 Å². The predicted molar refractivity (Wildman–Crippen MR) is 90.8 cm³/mol. The van der Waals surface area contributed by atoms with E-state index in [2.05, 4.69) is 33.6 Å². The van der Waals surface area contributed by atoms with Crippen molar-refractivity contribution in [2.24, 2.45) is 5.92 Å². The minimum absolute atomic E-state index is 0.355. The lowest BCUT2D eigenvalue weighted by atomic mass is 9.93. The van der Waals surface area contributed by atoms with E-state index in [-0.39, 0.29) is 5.97 Å². The van der Waals surface area contributed by atoms with Crippen molar-refractivity contribution in [1.82, 2.24) is 14.9 Å². The number of rotatable bonds is 5. The number of likely N-dealkylation sites (tertiary alicyclic amines) is 1. The Labute approximate surface area is 138 Å². The Balaban J connectivity index is 2.12. The van der Waals surface area contributed by atoms with Crippen molar-refractivity contribution in [3.05, 3.63) is 17.5 Å². The third-order valence-corrected chi connectivity index (χ3v) is 4.67. The molecule has 0 aromatic carbocycles. The van der Waals surface area contributed by atoms with Crippen molar-refractivity contribution in [1.29, 1.82) is 0 Å². The van der Waals surface area contributed by atoms with Gasteiger partial charge in [-0.25, -0.2) is 14.8 Å². The average Bonchev–Trinajstić information content (AvgIpc) is 2.54. The van der Waals surface area contributed by atoms with E-state index < -0.39 is 0 Å². The Morgan fingerprint density at radius 3 is 2.78 bits per heavy atom. The summed E-state index contributed by atoms with van der Waals surface area (Å²) in [6.45, 7) is 11.8. The SMILES string of the molecule is CCOC(=O)c1cnc(N(C)[C@H]2CCN(CC)C[C@@H]2C)nc1C. The van der Waals surface area contributed by atoms with Crippen molar-refractivity contribution in [2.75, 3.05) is 38.2 Å². The van der Waals surface area contributed by atoms with Crippen molar-refractivity contribution in [3.8, 4) is 0 Å². The van der Waals surface area contributed by atoms with Crippen molar-refractivity contribution in [3.63, 3.8) is 0 Å². The monoisotopic (exact) mass is 320 g/mol. The molecule has 0 amide bonds. The number of nitrogens with zero attached hydrogens (tertiary/aromatic N) is 4. The summed E-state index contributed by atoms with van der Waals surface area (Å²) in [7, 11) is 2.04. The van der Waals surface area contributed by atoms with Gasteiger partial charge in [-0.2, -0.15) is 0 Å². The molecule has 0 N–H and O–H groups in total. The Hall–Kier alpha value is -1.69. The maximum absolute atomic E-state index is 11.8. The van der Waals surface area contributed by atoms with E-state index in [1.807, 2.05) is 14.0 Å². The molecular weight excluding hydrogens is 292 g/mol. The van der Waals surface area contributed by atoms with Gasteiger partial charge in [-0.3, -0.25) is 0 Å². The first-order valence-corrected chi connectivity index (χ1v) is 8.43. The van der Waals surface area contributed by atoms with Crippen molar-refractivity contribution in [2.45, 2.75) is 40.2 Å². The van der Waals surface area contributed by atoms with Crippen LogP contribution in [0.25, 0.3) is 0 Å². The van der Waals surface area contributed by atoms with E-state index in [4.69, 9.17) is 4.74 Å². The summed E-state index contributed by atoms with van der Waals surface area (Å²) in [5.41, 5.74) is 1.11. The molecule has 2 atom stereocenters. The second-order valence-corrected chi connectivity index (χ2v) is 6.23. The number of hydrogen-bond donors (Lipinski definition) is 0. The van der Waals surface area contributed by atoms with Crippen molar-refractivity contribution >= 4 is 11.9 Å². The van der Waals surface area contributed by atoms with Crippen LogP contribution in [0.15, 0.2) is 6.20 Å². The normalized spacial score (nSPS) is 22.0. The highest BCUT2D eigenvalue weighted by molar-refractivity contribution is 5.90. The van der Waals surface area contributed by atoms with E-state index in [0.29, 0.717) is 35.8 Å². The summed E-state index contributed by atoms with van der Waals surface area (Å²) in [6.07, 6.45) is 2.69. The molecule has 1 aliphatic heterocycles. The van der Waals surface area contributed by atoms with Crippen LogP contribution in [0.5, 0.6) is 0 Å². The highest BCUT2D eigenvalue weighted by atomic mass is 16.5. The van der Waals surface area contributed by atoms with Gasteiger partial charge in [0.15, 0.2) is 0 Å². The summed E-state index contributed by atoms with van der Waals surface area (Å²) >= 11 is 0. The van der Waals surface area contributed by atoms with Crippen LogP contribution >= 0.6 is 0 Å². The van der Waals surface area contributed by atoms with Gasteiger partial charge >= 0.3 is 5.97 Å². The summed E-state index contributed by atoms with van der Waals surface area (Å²) in [5.74, 6) is 0.878. The molecule has 6 nitrogen and oxygen atoms in total. The standard InChI is InChI=1S/C17H28N4O2/c1-6-21-9-8-15(12(3)11-21)20(5)17-18-10-14(13(4)19-17)16(22)23-7-2/h10,12,15H,6-9,11H2,1-5H3/t12-,15-/m0/s1. The molecule has 1 aromatic rings. The zero-order valence-electron chi connectivity index (χ0n) is 14.9. The minimum atomic E-state index is -0.358. The third kappa shape index (κ3) is 3.99. The number of esters is 1. The van der Waals surface area contributed by atoms with Crippen LogP contribution in [0.4, 0.5) is 5.95 Å². The molecule has 0 aliphatic carbocycles. The second kappa shape index (κ2) is 7.73. The number of piperidine rings is 1. The fourth-order valence-corrected chi connectivity index (χ4v) is 3.26. The number of aryl methyl sites for hydroxylation is 1. The van der Waals surface area contributed by atoms with Gasteiger partial charge in [0.1, 0.15) is 0 Å². The topological polar surface area (TPSA) is 58.6 Å². The maximum Gasteiger partial charge on any atom is 0.341 e. The van der Waals surface area contributed by atoms with Crippen LogP contribution in [0.1, 0.15) is 43.2 Å². The average molecular weight is 320 g/mol. The van der Waals surface area contributed by atoms with Crippen LogP contribution in [0.2, 0.25) is 0 Å². The van der Waals surface area contributed by atoms with Crippen molar-refractivity contribution < 1.29 is 9.53 Å². The molecule has 1 aromatic heterocycles. The minimum Gasteiger partial charge on any atom is -0.462 e. The van der Waals surface area contributed by atoms with Crippen LogP contribution in [-0.2, 0) is 4.74 Å². The molecular formula is C17H28N4O2. The number of hydrogen-bond acceptors (Lipinski definition) is 6. The summed E-state index contributed by atoms with van der Waals surface area (Å²) in [4.78, 5) is 25.4. The summed E-state index contributed by atoms with van der Waals surface area (Å²) in [6, 6.07) is 0.422. The first-order chi connectivity index (χ1) is 11.0. The molecule has 0 saturated carbocycles. The Kier molecular flexibility index (Phi) is 5.93. The van der Waals surface area contributed by atoms with E-state index in [9.17, 15) is 4.79 Å². The molecule has 6 heteroatoms. The molecule has 1 saturated heterocycles. The zero-order valence-corrected chi connectivity index (χ0v) is 14.9. The highest BCUT2D eigenvalue weighted by Crippen LogP contribution is 2.24. The smallest absolute Gasteiger partial charge is 0.341 e. The lowest BCUT2D eigenvalue weighted by Gasteiger charge is -2.41. The predicted octanol–water partition coefficient (Wildman–Crippen LogP) is 2.13. The molecule has 23 heavy (non-hydrogen) atoms. The lowest BCUT2D eigenvalue weighted by molar-refractivity contribution is 0.0524. The van der Waals surface area contributed by atoms with Crippen LogP contribution in [-0.4, -0.2) is 60.2 Å². The van der Waals surface area contributed by atoms with Crippen LogP contribution < -0.4 is 4.90 Å². The molecule has 128 valence electrons. The second-order valence-electron chi connectivity index (χ2n) is 6.23. The molecule has 0 radical (unpaired) electrons. The molecule has 2 heterocycles. The maximum atomic E-state index is 11.8. The van der Waals surface area contributed by atoms with Gasteiger partial charge in [-0.05, 0) is 32.7 Å². The number of anilines is 1. The number of carbonyl (C=O) groups excluding carboxylic acids is 1. The van der Waals surface area contributed by atoms with E-state index >= 15 is 0 Å². The quantitative estimate of drug-likeness (QED) is 0.775. The Morgan fingerprint density at radius 2 is 2.22 bits per heavy atom. The van der Waals surface area contributed by atoms with E-state index in [1.54, 1.807) is 13.1 Å². The fourth-order valence-electron chi connectivity index (χ4n) is 3.26. The van der Waals surface area contributed by atoms with Gasteiger partial charge in [-0.15, -0.1) is 0 Å². The molecule has 1 fully saturated rings. The molecule has 0 bridgehead atoms. The van der Waals surface area contributed by atoms with Crippen LogP contribution in [0, 0.1) is 12.8 Å². The van der Waals surface area contributed by atoms with E-state index in [0.717, 1.165) is 26.1 Å². The van der Waals surface area contributed by atoms with Gasteiger partial charge < -0.3 is 14.5 Å². The Morgan fingerprint density at radius 1 is 1.48 bits per heavy atom. The van der Waals surface area contributed by atoms with Gasteiger partial charge in [0.25, 0.3) is 0 Å². The summed E-state index contributed by atoms with van der Waals surface area (Å²) in [5, 5.41) is 0. The van der Waals surface area contributed by atoms with Crippen LogP contribution in [0.3, 0.4) is 0 Å². The first-order valence-electron chi connectivity index (χ1n) is 8.43. The largest absolute Gasteiger partial charge is 0.462 e. The zero-order chi connectivity index (χ0) is 17.0. The highest BCUT2D eigenvalue weighted by Gasteiger charge is 2.29. The van der Waals surface area contributed by atoms with Gasteiger partial charge in [0.2, 0.25) is 5.95 Å². The first kappa shape index (κ1) is 17.7. The molecule has 0 unspecified atom stereocenters. The summed E-state index contributed by atoms with van der Waals surface area (Å²) < 4.78 is 5.03. The molecule has 1 aliphatic rings. The molecule has 2 rings (SSSR count). The number of ether oxygens (including phenoxy) is 1. The number of carbonyl (C=O) groups is 1. The lowest BCUT2D eigenvalue weighted by Crippen LogP contribution is -2.49. The third-order valence-electron chi connectivity index (χ3n) is 4.67. The number of aromatic nitrogens is 2. The van der Waals surface area contributed by atoms with Gasteiger partial charge in [0, 0.05) is 32.4 Å². The van der Waals surface area contributed by atoms with Gasteiger partial charge in [-0.1, -0.05) is 13.8 Å². The fraction of sp³-hybridized carbons (Fsp3) is 0.706. The molecule has 0 spiro atoms. The Bertz CT molecular complexity index is 549.